The highest BCUT2D eigenvalue weighted by Gasteiger charge is 2.22. The number of nitrogens with zero attached hydrogens (tertiary/aromatic N) is 2. The van der Waals surface area contributed by atoms with Gasteiger partial charge in [0.05, 0.1) is 26.2 Å². The number of likely N-dealkylation sites (N-methyl/N-ethyl adjacent to an activating group) is 1. The fraction of sp³-hybridized carbons (Fsp3) is 0.278. The number of nitrogens with one attached hydrogen (secondary N) is 1. The number of piperazine rings is 1. The molecule has 0 aliphatic carbocycles. The Morgan fingerprint density at radius 3 is 2.32 bits per heavy atom. The molecule has 10 heteroatoms. The zero-order valence-corrected chi connectivity index (χ0v) is 17.4. The highest BCUT2D eigenvalue weighted by molar-refractivity contribution is 7.92. The molecule has 28 heavy (non-hydrogen) atoms. The minimum absolute atomic E-state index is 0.0406. The molecule has 3 rings (SSSR count). The lowest BCUT2D eigenvalue weighted by atomic mass is 10.1. The van der Waals surface area contributed by atoms with Crippen molar-refractivity contribution in [2.45, 2.75) is 4.90 Å². The van der Waals surface area contributed by atoms with Gasteiger partial charge in [-0.25, -0.2) is 13.2 Å². The van der Waals surface area contributed by atoms with Crippen molar-refractivity contribution in [1.29, 1.82) is 0 Å². The molecule has 1 heterocycles. The van der Waals surface area contributed by atoms with E-state index in [1.165, 1.54) is 24.3 Å². The lowest BCUT2D eigenvalue weighted by molar-refractivity contribution is 0.0697. The van der Waals surface area contributed by atoms with Crippen molar-refractivity contribution in [3.8, 4) is 0 Å². The number of halogens is 2. The number of benzene rings is 2. The molecule has 1 aliphatic heterocycles. The Kier molecular flexibility index (Phi) is 6.04. The van der Waals surface area contributed by atoms with Crippen LogP contribution in [0.5, 0.6) is 0 Å². The third-order valence-corrected chi connectivity index (χ3v) is 6.64. The average molecular weight is 444 g/mol. The van der Waals surface area contributed by atoms with Crippen molar-refractivity contribution in [2.75, 3.05) is 42.8 Å². The second-order valence-electron chi connectivity index (χ2n) is 6.51. The molecule has 0 saturated carbocycles. The summed E-state index contributed by atoms with van der Waals surface area (Å²) in [6.07, 6.45) is 0. The van der Waals surface area contributed by atoms with Crippen LogP contribution in [0, 0.1) is 0 Å². The van der Waals surface area contributed by atoms with E-state index in [0.29, 0.717) is 18.8 Å². The molecule has 0 bridgehead atoms. The average Bonchev–Trinajstić information content (AvgIpc) is 2.64. The molecule has 0 unspecified atom stereocenters. The van der Waals surface area contributed by atoms with Gasteiger partial charge in [-0.2, -0.15) is 0 Å². The summed E-state index contributed by atoms with van der Waals surface area (Å²) in [6.45, 7) is 3.05. The van der Waals surface area contributed by atoms with Gasteiger partial charge >= 0.3 is 5.97 Å². The summed E-state index contributed by atoms with van der Waals surface area (Å²) >= 11 is 11.7. The van der Waals surface area contributed by atoms with Gasteiger partial charge in [0.25, 0.3) is 10.0 Å². The van der Waals surface area contributed by atoms with Crippen LogP contribution in [0.15, 0.2) is 41.3 Å². The molecule has 1 fully saturated rings. The van der Waals surface area contributed by atoms with Crippen molar-refractivity contribution in [1.82, 2.24) is 4.90 Å². The SMILES string of the molecule is CN1CCN(c2ccc(NS(=O)(=O)c3ccc(Cl)c(Cl)c3)cc2C(=O)O)CC1. The van der Waals surface area contributed by atoms with E-state index in [9.17, 15) is 18.3 Å². The van der Waals surface area contributed by atoms with Gasteiger partial charge in [0.2, 0.25) is 0 Å². The van der Waals surface area contributed by atoms with Gasteiger partial charge < -0.3 is 14.9 Å². The first-order valence-corrected chi connectivity index (χ1v) is 10.7. The van der Waals surface area contributed by atoms with Crippen LogP contribution in [-0.2, 0) is 10.0 Å². The second kappa shape index (κ2) is 8.16. The smallest absolute Gasteiger partial charge is 0.337 e. The van der Waals surface area contributed by atoms with E-state index in [1.807, 2.05) is 11.9 Å². The minimum Gasteiger partial charge on any atom is -0.478 e. The van der Waals surface area contributed by atoms with Gasteiger partial charge in [-0.3, -0.25) is 4.72 Å². The molecular formula is C18H19Cl2N3O4S. The maximum atomic E-state index is 12.6. The van der Waals surface area contributed by atoms with E-state index in [4.69, 9.17) is 23.2 Å². The predicted molar refractivity (Wildman–Crippen MR) is 110 cm³/mol. The molecule has 1 saturated heterocycles. The molecule has 7 nitrogen and oxygen atoms in total. The van der Waals surface area contributed by atoms with Crippen molar-refractivity contribution in [2.24, 2.45) is 0 Å². The lowest BCUT2D eigenvalue weighted by Gasteiger charge is -2.34. The Morgan fingerprint density at radius 1 is 1.04 bits per heavy atom. The fourth-order valence-corrected chi connectivity index (χ4v) is 4.39. The standard InChI is InChI=1S/C18H19Cl2N3O4S/c1-22-6-8-23(9-7-22)17-5-2-12(10-14(17)18(24)25)21-28(26,27)13-3-4-15(19)16(20)11-13/h2-5,10-11,21H,6-9H2,1H3,(H,24,25). The van der Waals surface area contributed by atoms with Crippen LogP contribution in [0.2, 0.25) is 10.0 Å². The number of carboxylic acid groups (broad SMARTS) is 1. The van der Waals surface area contributed by atoms with Crippen molar-refractivity contribution in [3.05, 3.63) is 52.0 Å². The van der Waals surface area contributed by atoms with E-state index in [1.54, 1.807) is 12.1 Å². The zero-order valence-electron chi connectivity index (χ0n) is 15.0. The number of carboxylic acids is 1. The van der Waals surface area contributed by atoms with Crippen LogP contribution >= 0.6 is 23.2 Å². The van der Waals surface area contributed by atoms with E-state index >= 15 is 0 Å². The van der Waals surface area contributed by atoms with Crippen LogP contribution in [0.25, 0.3) is 0 Å². The summed E-state index contributed by atoms with van der Waals surface area (Å²) in [5.41, 5.74) is 0.762. The minimum atomic E-state index is -3.95. The largest absolute Gasteiger partial charge is 0.478 e. The lowest BCUT2D eigenvalue weighted by Crippen LogP contribution is -2.45. The van der Waals surface area contributed by atoms with Gasteiger partial charge in [-0.1, -0.05) is 23.2 Å². The molecule has 0 radical (unpaired) electrons. The first kappa shape index (κ1) is 20.7. The van der Waals surface area contributed by atoms with Gasteiger partial charge in [0.1, 0.15) is 0 Å². The highest BCUT2D eigenvalue weighted by Crippen LogP contribution is 2.29. The van der Waals surface area contributed by atoms with Crippen LogP contribution < -0.4 is 9.62 Å². The Bertz CT molecular complexity index is 1010. The summed E-state index contributed by atoms with van der Waals surface area (Å²) in [6, 6.07) is 8.45. The monoisotopic (exact) mass is 443 g/mol. The van der Waals surface area contributed by atoms with Crippen LogP contribution in [0.1, 0.15) is 10.4 Å². The fourth-order valence-electron chi connectivity index (χ4n) is 2.95. The Balaban J connectivity index is 1.89. The van der Waals surface area contributed by atoms with Gasteiger partial charge in [-0.15, -0.1) is 0 Å². The van der Waals surface area contributed by atoms with Crippen LogP contribution in [0.4, 0.5) is 11.4 Å². The maximum Gasteiger partial charge on any atom is 0.337 e. The molecule has 150 valence electrons. The number of anilines is 2. The normalized spacial score (nSPS) is 15.5. The molecule has 1 aliphatic rings. The number of hydrogen-bond acceptors (Lipinski definition) is 5. The number of carbonyl (C=O) groups is 1. The highest BCUT2D eigenvalue weighted by atomic mass is 35.5. The molecule has 2 aromatic rings. The molecule has 2 aromatic carbocycles. The predicted octanol–water partition coefficient (Wildman–Crippen LogP) is 3.24. The van der Waals surface area contributed by atoms with Crippen LogP contribution in [0.3, 0.4) is 0 Å². The third-order valence-electron chi connectivity index (χ3n) is 4.52. The summed E-state index contributed by atoms with van der Waals surface area (Å²) in [7, 11) is -1.94. The molecule has 0 atom stereocenters. The van der Waals surface area contributed by atoms with Crippen molar-refractivity contribution in [3.63, 3.8) is 0 Å². The molecular weight excluding hydrogens is 425 g/mol. The molecule has 0 amide bonds. The molecule has 2 N–H and O–H groups in total. The Morgan fingerprint density at radius 2 is 1.71 bits per heavy atom. The first-order chi connectivity index (χ1) is 13.2. The Hall–Kier alpha value is -2.00. The molecule has 0 aromatic heterocycles. The van der Waals surface area contributed by atoms with Crippen molar-refractivity contribution >= 4 is 50.6 Å². The van der Waals surface area contributed by atoms with E-state index in [0.717, 1.165) is 13.1 Å². The summed E-state index contributed by atoms with van der Waals surface area (Å²) in [4.78, 5) is 15.8. The van der Waals surface area contributed by atoms with Gasteiger partial charge in [0.15, 0.2) is 0 Å². The number of aromatic carboxylic acids is 1. The van der Waals surface area contributed by atoms with Gasteiger partial charge in [0, 0.05) is 31.9 Å². The number of sulfonamides is 1. The topological polar surface area (TPSA) is 90.0 Å². The maximum absolute atomic E-state index is 12.6. The molecule has 0 spiro atoms. The Labute approximate surface area is 173 Å². The van der Waals surface area contributed by atoms with E-state index in [2.05, 4.69) is 9.62 Å². The summed E-state index contributed by atoms with van der Waals surface area (Å²) < 4.78 is 27.6. The second-order valence-corrected chi connectivity index (χ2v) is 9.01. The third kappa shape index (κ3) is 4.52. The first-order valence-electron chi connectivity index (χ1n) is 8.46. The van der Waals surface area contributed by atoms with Crippen LogP contribution in [-0.4, -0.2) is 57.6 Å². The number of rotatable bonds is 5. The summed E-state index contributed by atoms with van der Waals surface area (Å²) in [5, 5.41) is 9.96. The van der Waals surface area contributed by atoms with Crippen molar-refractivity contribution < 1.29 is 18.3 Å². The quantitative estimate of drug-likeness (QED) is 0.736. The van der Waals surface area contributed by atoms with E-state index < -0.39 is 16.0 Å². The number of hydrogen-bond donors (Lipinski definition) is 2. The zero-order chi connectivity index (χ0) is 20.5. The summed E-state index contributed by atoms with van der Waals surface area (Å²) in [5.74, 6) is -1.12. The van der Waals surface area contributed by atoms with Gasteiger partial charge in [-0.05, 0) is 43.4 Å². The van der Waals surface area contributed by atoms with E-state index in [-0.39, 0.29) is 26.2 Å².